The number of hydrogen-bond donors (Lipinski definition) is 1. The molecule has 30 heavy (non-hydrogen) atoms. The first kappa shape index (κ1) is 23.1. The number of nitro groups is 1. The number of aryl methyl sites for hydroxylation is 1. The number of nitro benzene ring substituents is 1. The summed E-state index contributed by atoms with van der Waals surface area (Å²) in [4.78, 5) is 33.9. The molecule has 0 fully saturated rings. The molecule has 2 aromatic rings. The first-order valence-corrected chi connectivity index (χ1v) is 8.57. The average Bonchev–Trinajstić information content (AvgIpc) is 2.67. The maximum Gasteiger partial charge on any atom is 0.416 e. The summed E-state index contributed by atoms with van der Waals surface area (Å²) in [6, 6.07) is 4.40. The fourth-order valence-electron chi connectivity index (χ4n) is 2.44. The zero-order valence-electron chi connectivity index (χ0n) is 15.2. The highest BCUT2D eigenvalue weighted by Crippen LogP contribution is 2.38. The molecule has 0 heterocycles. The van der Waals surface area contributed by atoms with Crippen molar-refractivity contribution in [2.24, 2.45) is 0 Å². The van der Waals surface area contributed by atoms with E-state index in [2.05, 4.69) is 4.74 Å². The van der Waals surface area contributed by atoms with Crippen molar-refractivity contribution in [2.75, 3.05) is 6.61 Å². The van der Waals surface area contributed by atoms with E-state index in [1.54, 1.807) is 6.92 Å². The van der Waals surface area contributed by atoms with E-state index in [-0.39, 0.29) is 28.5 Å². The van der Waals surface area contributed by atoms with E-state index < -0.39 is 46.5 Å². The second-order valence-corrected chi connectivity index (χ2v) is 6.16. The smallest absolute Gasteiger partial charge is 0.416 e. The van der Waals surface area contributed by atoms with Gasteiger partial charge >= 0.3 is 18.1 Å². The Morgan fingerprint density at radius 2 is 1.90 bits per heavy atom. The number of hydrogen-bond acceptors (Lipinski definition) is 7. The minimum atomic E-state index is -4.62. The molecule has 160 valence electrons. The Bertz CT molecular complexity index is 1010. The van der Waals surface area contributed by atoms with Gasteiger partial charge in [-0.25, -0.2) is 9.59 Å². The molecular formula is C18H13ClF3NO7. The number of carbonyl (C=O) groups excluding carboxylic acids is 2. The van der Waals surface area contributed by atoms with Crippen LogP contribution < -0.4 is 4.74 Å². The second kappa shape index (κ2) is 9.09. The van der Waals surface area contributed by atoms with E-state index in [1.165, 1.54) is 6.07 Å². The molecule has 0 amide bonds. The van der Waals surface area contributed by atoms with Crippen LogP contribution in [0.5, 0.6) is 11.5 Å². The van der Waals surface area contributed by atoms with Crippen LogP contribution in [0.4, 0.5) is 18.9 Å². The van der Waals surface area contributed by atoms with E-state index in [0.29, 0.717) is 6.07 Å². The molecule has 0 saturated carbocycles. The van der Waals surface area contributed by atoms with Gasteiger partial charge in [0.15, 0.2) is 0 Å². The van der Waals surface area contributed by atoms with Crippen LogP contribution in [-0.4, -0.2) is 28.6 Å². The van der Waals surface area contributed by atoms with Crippen molar-refractivity contribution in [3.8, 4) is 11.5 Å². The number of carbonyl (C=O) groups is 2. The van der Waals surface area contributed by atoms with E-state index in [1.807, 2.05) is 0 Å². The van der Waals surface area contributed by atoms with E-state index >= 15 is 0 Å². The fraction of sp³-hybridized carbons (Fsp3) is 0.222. The van der Waals surface area contributed by atoms with Crippen molar-refractivity contribution >= 4 is 29.2 Å². The summed E-state index contributed by atoms with van der Waals surface area (Å²) in [5.74, 6) is -3.10. The summed E-state index contributed by atoms with van der Waals surface area (Å²) in [7, 11) is 0. The van der Waals surface area contributed by atoms with Gasteiger partial charge in [-0.3, -0.25) is 10.1 Å². The highest BCUT2D eigenvalue weighted by atomic mass is 35.5. The molecule has 0 aromatic heterocycles. The molecule has 2 aromatic carbocycles. The Balaban J connectivity index is 2.51. The molecule has 0 unspecified atom stereocenters. The predicted octanol–water partition coefficient (Wildman–Crippen LogP) is 4.30. The lowest BCUT2D eigenvalue weighted by Gasteiger charge is -2.13. The quantitative estimate of drug-likeness (QED) is 0.304. The molecule has 0 radical (unpaired) electrons. The van der Waals surface area contributed by atoms with Gasteiger partial charge < -0.3 is 14.6 Å². The number of benzene rings is 2. The van der Waals surface area contributed by atoms with Gasteiger partial charge in [0.1, 0.15) is 23.7 Å². The minimum Gasteiger partial charge on any atom is -0.456 e. The predicted molar refractivity (Wildman–Crippen MR) is 96.5 cm³/mol. The molecule has 0 aliphatic carbocycles. The molecule has 0 spiro atoms. The number of nitrogens with zero attached hydrogens (tertiary/aromatic N) is 1. The molecule has 12 heteroatoms. The SMILES string of the molecule is CCc1cc(Oc2ccc(C(F)(F)F)cc2Cl)cc(C(=O)OC(=O)CO)c1[N+](=O)[O-]. The van der Waals surface area contributed by atoms with Crippen LogP contribution >= 0.6 is 11.6 Å². The average molecular weight is 448 g/mol. The molecule has 0 aliphatic heterocycles. The van der Waals surface area contributed by atoms with Crippen molar-refractivity contribution in [3.05, 3.63) is 62.2 Å². The lowest BCUT2D eigenvalue weighted by Crippen LogP contribution is -2.17. The van der Waals surface area contributed by atoms with E-state index in [4.69, 9.17) is 21.4 Å². The van der Waals surface area contributed by atoms with E-state index in [0.717, 1.165) is 18.2 Å². The number of ether oxygens (including phenoxy) is 2. The molecule has 2 rings (SSSR count). The highest BCUT2D eigenvalue weighted by molar-refractivity contribution is 6.32. The van der Waals surface area contributed by atoms with Gasteiger partial charge in [-0.1, -0.05) is 18.5 Å². The van der Waals surface area contributed by atoms with Crippen molar-refractivity contribution < 1.29 is 42.3 Å². The lowest BCUT2D eigenvalue weighted by atomic mass is 10.0. The van der Waals surface area contributed by atoms with Crippen LogP contribution in [0, 0.1) is 10.1 Å². The number of esters is 2. The zero-order valence-corrected chi connectivity index (χ0v) is 15.9. The third-order valence-electron chi connectivity index (χ3n) is 3.77. The molecule has 1 N–H and O–H groups in total. The summed E-state index contributed by atoms with van der Waals surface area (Å²) in [6.45, 7) is 0.419. The van der Waals surface area contributed by atoms with Crippen LogP contribution in [0.25, 0.3) is 0 Å². The van der Waals surface area contributed by atoms with Gasteiger partial charge in [-0.05, 0) is 30.7 Å². The van der Waals surface area contributed by atoms with Crippen LogP contribution in [0.2, 0.25) is 5.02 Å². The van der Waals surface area contributed by atoms with Crippen LogP contribution in [0.3, 0.4) is 0 Å². The molecule has 8 nitrogen and oxygen atoms in total. The first-order valence-electron chi connectivity index (χ1n) is 8.19. The van der Waals surface area contributed by atoms with Crippen LogP contribution in [0.15, 0.2) is 30.3 Å². The Morgan fingerprint density at radius 1 is 1.23 bits per heavy atom. The standard InChI is InChI=1S/C18H13ClF3NO7/c1-2-9-5-11(29-14-4-3-10(6-13(14)19)18(20,21)22)7-12(16(9)23(27)28)17(26)30-15(25)8-24/h3-7,24H,2,8H2,1H3. The highest BCUT2D eigenvalue weighted by Gasteiger charge is 2.31. The van der Waals surface area contributed by atoms with Crippen molar-refractivity contribution in [2.45, 2.75) is 19.5 Å². The molecule has 0 aliphatic rings. The third kappa shape index (κ3) is 5.24. The van der Waals surface area contributed by atoms with Gasteiger partial charge in [0.25, 0.3) is 5.69 Å². The van der Waals surface area contributed by atoms with Gasteiger partial charge in [-0.2, -0.15) is 13.2 Å². The largest absolute Gasteiger partial charge is 0.456 e. The normalized spacial score (nSPS) is 11.1. The Labute approximate surface area is 171 Å². The maximum atomic E-state index is 12.8. The number of aliphatic hydroxyl groups is 1. The maximum absolute atomic E-state index is 12.8. The molecular weight excluding hydrogens is 435 g/mol. The summed E-state index contributed by atoms with van der Waals surface area (Å²) in [6.07, 6.45) is -4.55. The van der Waals surface area contributed by atoms with Crippen LogP contribution in [0.1, 0.15) is 28.4 Å². The molecule has 0 saturated heterocycles. The summed E-state index contributed by atoms with van der Waals surface area (Å²) < 4.78 is 48.0. The fourth-order valence-corrected chi connectivity index (χ4v) is 2.66. The van der Waals surface area contributed by atoms with Crippen molar-refractivity contribution in [3.63, 3.8) is 0 Å². The number of rotatable bonds is 6. The van der Waals surface area contributed by atoms with Gasteiger partial charge in [0.2, 0.25) is 0 Å². The number of aliphatic hydroxyl groups excluding tert-OH is 1. The monoisotopic (exact) mass is 447 g/mol. The van der Waals surface area contributed by atoms with Crippen molar-refractivity contribution in [1.29, 1.82) is 0 Å². The Kier molecular flexibility index (Phi) is 7.00. The number of halogens is 4. The Morgan fingerprint density at radius 3 is 2.40 bits per heavy atom. The van der Waals surface area contributed by atoms with Gasteiger partial charge in [-0.15, -0.1) is 0 Å². The van der Waals surface area contributed by atoms with E-state index in [9.17, 15) is 32.9 Å². The molecule has 0 atom stereocenters. The topological polar surface area (TPSA) is 116 Å². The molecule has 0 bridgehead atoms. The first-order chi connectivity index (χ1) is 14.0. The van der Waals surface area contributed by atoms with Crippen molar-refractivity contribution in [1.82, 2.24) is 0 Å². The number of alkyl halides is 3. The lowest BCUT2D eigenvalue weighted by molar-refractivity contribution is -0.385. The summed E-state index contributed by atoms with van der Waals surface area (Å²) in [5, 5.41) is 19.7. The zero-order chi connectivity index (χ0) is 22.6. The Hall–Kier alpha value is -3.18. The van der Waals surface area contributed by atoms with Crippen LogP contribution in [-0.2, 0) is 22.1 Å². The summed E-state index contributed by atoms with van der Waals surface area (Å²) in [5.41, 5.74) is -2.26. The van der Waals surface area contributed by atoms with Gasteiger partial charge in [0.05, 0.1) is 15.5 Å². The third-order valence-corrected chi connectivity index (χ3v) is 4.06. The summed E-state index contributed by atoms with van der Waals surface area (Å²) >= 11 is 5.83. The van der Waals surface area contributed by atoms with Gasteiger partial charge in [0, 0.05) is 11.6 Å². The minimum absolute atomic E-state index is 0.0314. The second-order valence-electron chi connectivity index (χ2n) is 5.75.